The van der Waals surface area contributed by atoms with Crippen LogP contribution in [-0.2, 0) is 6.42 Å². The molecule has 1 aliphatic rings. The maximum absolute atomic E-state index is 4.17. The van der Waals surface area contributed by atoms with Crippen LogP contribution in [0.1, 0.15) is 5.56 Å². The van der Waals surface area contributed by atoms with Gasteiger partial charge in [-0.05, 0) is 35.4 Å². The smallest absolute Gasteiger partial charge is 0.132 e. The first kappa shape index (κ1) is 11.6. The van der Waals surface area contributed by atoms with Crippen LogP contribution in [0.25, 0.3) is 0 Å². The predicted molar refractivity (Wildman–Crippen MR) is 73.3 cm³/mol. The molecule has 0 saturated carbocycles. The zero-order valence-electron chi connectivity index (χ0n) is 10.6. The number of rotatable bonds is 4. The number of hydrogen-bond donors (Lipinski definition) is 0. The lowest BCUT2D eigenvalue weighted by molar-refractivity contribution is 0.320. The molecule has 1 aromatic carbocycles. The second-order valence-corrected chi connectivity index (χ2v) is 4.40. The number of pyridine rings is 1. The number of aromatic nitrogens is 1. The molecular formula is C14H15N5. The van der Waals surface area contributed by atoms with Crippen molar-refractivity contribution in [2.75, 3.05) is 18.2 Å². The van der Waals surface area contributed by atoms with Crippen LogP contribution in [0.4, 0.5) is 5.69 Å². The van der Waals surface area contributed by atoms with E-state index in [-0.39, 0.29) is 0 Å². The summed E-state index contributed by atoms with van der Waals surface area (Å²) in [4.78, 5) is 4.11. The fraction of sp³-hybridized carbons (Fsp3) is 0.214. The SMILES string of the molecule is c1ccc(N2CN(CCc3cccnc3)N=N2)cc1. The summed E-state index contributed by atoms with van der Waals surface area (Å²) in [6.45, 7) is 1.54. The van der Waals surface area contributed by atoms with Crippen molar-refractivity contribution >= 4 is 5.69 Å². The molecule has 0 amide bonds. The molecule has 0 radical (unpaired) electrons. The van der Waals surface area contributed by atoms with E-state index in [1.807, 2.05) is 52.6 Å². The molecule has 96 valence electrons. The minimum atomic E-state index is 0.699. The molecular weight excluding hydrogens is 238 g/mol. The van der Waals surface area contributed by atoms with Gasteiger partial charge in [-0.25, -0.2) is 5.01 Å². The third-order valence-electron chi connectivity index (χ3n) is 3.01. The van der Waals surface area contributed by atoms with E-state index in [2.05, 4.69) is 21.5 Å². The van der Waals surface area contributed by atoms with Gasteiger partial charge in [-0.2, -0.15) is 0 Å². The van der Waals surface area contributed by atoms with Gasteiger partial charge in [0, 0.05) is 18.9 Å². The van der Waals surface area contributed by atoms with Gasteiger partial charge >= 0.3 is 0 Å². The molecule has 0 fully saturated rings. The average molecular weight is 253 g/mol. The number of nitrogens with zero attached hydrogens (tertiary/aromatic N) is 5. The summed E-state index contributed by atoms with van der Waals surface area (Å²) in [5, 5.41) is 12.2. The Morgan fingerprint density at radius 2 is 1.89 bits per heavy atom. The lowest BCUT2D eigenvalue weighted by Crippen LogP contribution is -2.26. The van der Waals surface area contributed by atoms with Gasteiger partial charge < -0.3 is 0 Å². The fourth-order valence-corrected chi connectivity index (χ4v) is 1.97. The van der Waals surface area contributed by atoms with Gasteiger partial charge in [-0.15, -0.1) is 0 Å². The van der Waals surface area contributed by atoms with Crippen molar-refractivity contribution in [2.45, 2.75) is 6.42 Å². The summed E-state index contributed by atoms with van der Waals surface area (Å²) >= 11 is 0. The summed E-state index contributed by atoms with van der Waals surface area (Å²) in [7, 11) is 0. The van der Waals surface area contributed by atoms with Gasteiger partial charge in [0.15, 0.2) is 0 Å². The van der Waals surface area contributed by atoms with E-state index < -0.39 is 0 Å². The number of benzene rings is 1. The first-order valence-electron chi connectivity index (χ1n) is 6.30. The lowest BCUT2D eigenvalue weighted by Gasteiger charge is -2.16. The zero-order valence-corrected chi connectivity index (χ0v) is 10.6. The van der Waals surface area contributed by atoms with Crippen molar-refractivity contribution in [1.29, 1.82) is 0 Å². The normalized spacial score (nSPS) is 14.1. The lowest BCUT2D eigenvalue weighted by atomic mass is 10.2. The van der Waals surface area contributed by atoms with E-state index in [4.69, 9.17) is 0 Å². The van der Waals surface area contributed by atoms with E-state index in [1.54, 1.807) is 6.20 Å². The predicted octanol–water partition coefficient (Wildman–Crippen LogP) is 2.69. The Hall–Kier alpha value is -2.43. The molecule has 5 nitrogen and oxygen atoms in total. The second kappa shape index (κ2) is 5.48. The van der Waals surface area contributed by atoms with Gasteiger partial charge in [-0.1, -0.05) is 29.5 Å². The Morgan fingerprint density at radius 3 is 2.68 bits per heavy atom. The van der Waals surface area contributed by atoms with E-state index in [9.17, 15) is 0 Å². The molecule has 0 unspecified atom stereocenters. The van der Waals surface area contributed by atoms with Crippen molar-refractivity contribution in [3.05, 3.63) is 60.4 Å². The Labute approximate surface area is 112 Å². The zero-order chi connectivity index (χ0) is 12.9. The molecule has 0 bridgehead atoms. The minimum Gasteiger partial charge on any atom is -0.264 e. The van der Waals surface area contributed by atoms with Crippen molar-refractivity contribution in [2.24, 2.45) is 10.4 Å². The standard InChI is InChI=1S/C14H15N5/c1-2-6-14(7-3-1)19-12-18(16-17-19)10-8-13-5-4-9-15-11-13/h1-7,9,11H,8,10,12H2. The van der Waals surface area contributed by atoms with Crippen molar-refractivity contribution in [3.8, 4) is 0 Å². The molecule has 5 heteroatoms. The molecule has 19 heavy (non-hydrogen) atoms. The van der Waals surface area contributed by atoms with Crippen LogP contribution in [0.15, 0.2) is 65.3 Å². The molecule has 0 aliphatic carbocycles. The van der Waals surface area contributed by atoms with Crippen LogP contribution >= 0.6 is 0 Å². The van der Waals surface area contributed by atoms with E-state index in [1.165, 1.54) is 5.56 Å². The molecule has 2 aromatic rings. The second-order valence-electron chi connectivity index (χ2n) is 4.40. The largest absolute Gasteiger partial charge is 0.264 e. The number of hydrogen-bond acceptors (Lipinski definition) is 5. The van der Waals surface area contributed by atoms with Crippen LogP contribution < -0.4 is 5.01 Å². The van der Waals surface area contributed by atoms with Crippen molar-refractivity contribution < 1.29 is 0 Å². The quantitative estimate of drug-likeness (QED) is 0.841. The maximum atomic E-state index is 4.17. The third-order valence-corrected chi connectivity index (χ3v) is 3.01. The molecule has 0 N–H and O–H groups in total. The molecule has 3 rings (SSSR count). The van der Waals surface area contributed by atoms with Crippen LogP contribution in [0, 0.1) is 0 Å². The molecule has 1 aromatic heterocycles. The highest BCUT2D eigenvalue weighted by atomic mass is 15.8. The number of para-hydroxylation sites is 1. The van der Waals surface area contributed by atoms with E-state index in [0.29, 0.717) is 6.67 Å². The Kier molecular flexibility index (Phi) is 3.36. The van der Waals surface area contributed by atoms with Gasteiger partial charge in [0.2, 0.25) is 0 Å². The first-order valence-corrected chi connectivity index (χ1v) is 6.30. The topological polar surface area (TPSA) is 44.1 Å². The van der Waals surface area contributed by atoms with Gasteiger partial charge in [0.05, 0.1) is 5.69 Å². The molecule has 0 atom stereocenters. The highest BCUT2D eigenvalue weighted by Gasteiger charge is 2.16. The Morgan fingerprint density at radius 1 is 1.00 bits per heavy atom. The highest BCUT2D eigenvalue weighted by Crippen LogP contribution is 2.18. The summed E-state index contributed by atoms with van der Waals surface area (Å²) in [5.41, 5.74) is 2.28. The van der Waals surface area contributed by atoms with E-state index in [0.717, 1.165) is 18.7 Å². The summed E-state index contributed by atoms with van der Waals surface area (Å²) in [6, 6.07) is 14.1. The van der Waals surface area contributed by atoms with Crippen LogP contribution in [-0.4, -0.2) is 23.2 Å². The molecule has 0 saturated heterocycles. The third kappa shape index (κ3) is 2.88. The van der Waals surface area contributed by atoms with E-state index >= 15 is 0 Å². The van der Waals surface area contributed by atoms with Gasteiger partial charge in [0.25, 0.3) is 0 Å². The fourth-order valence-electron chi connectivity index (χ4n) is 1.97. The Balaban J connectivity index is 1.54. The number of anilines is 1. The highest BCUT2D eigenvalue weighted by molar-refractivity contribution is 5.44. The summed E-state index contributed by atoms with van der Waals surface area (Å²) in [6.07, 6.45) is 4.61. The maximum Gasteiger partial charge on any atom is 0.132 e. The van der Waals surface area contributed by atoms with Crippen molar-refractivity contribution in [1.82, 2.24) is 9.99 Å². The van der Waals surface area contributed by atoms with Crippen LogP contribution in [0.3, 0.4) is 0 Å². The van der Waals surface area contributed by atoms with Crippen molar-refractivity contribution in [3.63, 3.8) is 0 Å². The monoisotopic (exact) mass is 253 g/mol. The Bertz CT molecular complexity index is 540. The molecule has 1 aliphatic heterocycles. The van der Waals surface area contributed by atoms with Crippen LogP contribution in [0.5, 0.6) is 0 Å². The average Bonchev–Trinajstić information content (AvgIpc) is 2.96. The van der Waals surface area contributed by atoms with Gasteiger partial charge in [0.1, 0.15) is 6.67 Å². The first-order chi connectivity index (χ1) is 9.42. The minimum absolute atomic E-state index is 0.699. The van der Waals surface area contributed by atoms with Crippen LogP contribution in [0.2, 0.25) is 0 Å². The summed E-state index contributed by atoms with van der Waals surface area (Å²) in [5.74, 6) is 0. The van der Waals surface area contributed by atoms with Gasteiger partial charge in [-0.3, -0.25) is 9.99 Å². The molecule has 2 heterocycles. The molecule has 0 spiro atoms. The summed E-state index contributed by atoms with van der Waals surface area (Å²) < 4.78 is 0.